The van der Waals surface area contributed by atoms with E-state index in [-0.39, 0.29) is 22.9 Å². The van der Waals surface area contributed by atoms with E-state index in [1.165, 1.54) is 7.11 Å². The molecule has 13 heteroatoms. The first-order valence-corrected chi connectivity index (χ1v) is 16.6. The molecule has 13 nitrogen and oxygen atoms in total. The second-order valence-electron chi connectivity index (χ2n) is 13.2. The molecule has 0 unspecified atom stereocenters. The number of ether oxygens (including phenoxy) is 2. The molecular weight excluding hydrogens is 622 g/mol. The molecule has 0 radical (unpaired) electrons. The highest BCUT2D eigenvalue weighted by molar-refractivity contribution is 5.98. The summed E-state index contributed by atoms with van der Waals surface area (Å²) < 4.78 is 11.0. The minimum absolute atomic E-state index is 0.0347. The second-order valence-corrected chi connectivity index (χ2v) is 13.2. The number of hydrogen-bond acceptors (Lipinski definition) is 11. The SMILES string of the molecule is CCOc1cc(C(=O)OC)c(C2CC2)cc1CN1CCC2(CC1)CC(=O)N(c1ccc(C(=O)NC[C@H](O)[C@@H](O)[C@H](O)[C@H](O)CO)cc1)C2. The molecule has 2 aromatic carbocycles. The van der Waals surface area contributed by atoms with Crippen molar-refractivity contribution in [3.63, 3.8) is 0 Å². The predicted octanol–water partition coefficient (Wildman–Crippen LogP) is 0.934. The Kier molecular flexibility index (Phi) is 11.4. The molecular formula is C35H47N3O10. The number of hydrogen-bond donors (Lipinski definition) is 6. The van der Waals surface area contributed by atoms with Crippen LogP contribution in [0.3, 0.4) is 0 Å². The van der Waals surface area contributed by atoms with Crippen molar-refractivity contribution < 1.29 is 49.4 Å². The number of nitrogens with one attached hydrogen (secondary N) is 1. The van der Waals surface area contributed by atoms with E-state index in [4.69, 9.17) is 14.6 Å². The molecule has 0 aromatic heterocycles. The monoisotopic (exact) mass is 669 g/mol. The standard InChI is InChI=1S/C35H47N3O10/c1-3-48-29-15-26(34(46)47-2)25(21-4-5-21)14-23(29)18-37-12-10-35(11-13-37)16-30(42)38(20-35)24-8-6-22(7-9-24)33(45)36-17-27(40)31(43)32(44)28(41)19-39/h6-9,14-15,21,27-28,31-32,39-41,43-44H,3-5,10-13,16-20H2,1-2H3,(H,36,45)/t27-,28+,31+,32+/m0/s1. The molecule has 1 saturated carbocycles. The van der Waals surface area contributed by atoms with E-state index < -0.39 is 43.5 Å². The largest absolute Gasteiger partial charge is 0.494 e. The normalized spacial score (nSPS) is 20.3. The van der Waals surface area contributed by atoms with Gasteiger partial charge in [-0.05, 0) is 99.0 Å². The molecule has 6 N–H and O–H groups in total. The summed E-state index contributed by atoms with van der Waals surface area (Å²) in [7, 11) is 1.40. The van der Waals surface area contributed by atoms with Crippen LogP contribution in [0.2, 0.25) is 0 Å². The number of aliphatic hydroxyl groups excluding tert-OH is 5. The van der Waals surface area contributed by atoms with Gasteiger partial charge in [-0.1, -0.05) is 0 Å². The van der Waals surface area contributed by atoms with E-state index in [1.807, 2.05) is 13.0 Å². The fraction of sp³-hybridized carbons (Fsp3) is 0.571. The van der Waals surface area contributed by atoms with Crippen LogP contribution in [0, 0.1) is 5.41 Å². The Labute approximate surface area is 280 Å². The van der Waals surface area contributed by atoms with Crippen molar-refractivity contribution in [2.24, 2.45) is 5.41 Å². The number of aliphatic hydroxyl groups is 5. The van der Waals surface area contributed by atoms with E-state index in [2.05, 4.69) is 16.3 Å². The Hall–Kier alpha value is -3.59. The zero-order valence-corrected chi connectivity index (χ0v) is 27.5. The molecule has 3 fully saturated rings. The third-order valence-corrected chi connectivity index (χ3v) is 9.82. The molecule has 3 aliphatic rings. The number of esters is 1. The first-order chi connectivity index (χ1) is 23.0. The molecule has 2 saturated heterocycles. The summed E-state index contributed by atoms with van der Waals surface area (Å²) in [5.41, 5.74) is 3.48. The maximum Gasteiger partial charge on any atom is 0.338 e. The molecule has 2 aliphatic heterocycles. The summed E-state index contributed by atoms with van der Waals surface area (Å²) in [6, 6.07) is 10.5. The Bertz CT molecular complexity index is 1460. The number of carbonyl (C=O) groups excluding carboxylic acids is 3. The lowest BCUT2D eigenvalue weighted by atomic mass is 9.77. The minimum Gasteiger partial charge on any atom is -0.494 e. The van der Waals surface area contributed by atoms with Crippen LogP contribution in [0.15, 0.2) is 36.4 Å². The van der Waals surface area contributed by atoms with Gasteiger partial charge in [-0.25, -0.2) is 4.79 Å². The van der Waals surface area contributed by atoms with Gasteiger partial charge in [-0.3, -0.25) is 14.5 Å². The maximum atomic E-state index is 13.2. The zero-order valence-electron chi connectivity index (χ0n) is 27.5. The Balaban J connectivity index is 1.16. The maximum absolute atomic E-state index is 13.2. The molecule has 1 spiro atoms. The summed E-state index contributed by atoms with van der Waals surface area (Å²) in [6.45, 7) is 4.13. The summed E-state index contributed by atoms with van der Waals surface area (Å²) in [4.78, 5) is 42.5. The van der Waals surface area contributed by atoms with Gasteiger partial charge >= 0.3 is 5.97 Å². The van der Waals surface area contributed by atoms with Crippen LogP contribution in [0.4, 0.5) is 5.69 Å². The molecule has 1 aliphatic carbocycles. The number of piperidine rings is 1. The predicted molar refractivity (Wildman–Crippen MR) is 175 cm³/mol. The third kappa shape index (κ3) is 7.99. The van der Waals surface area contributed by atoms with E-state index in [9.17, 15) is 34.8 Å². The van der Waals surface area contributed by atoms with Gasteiger partial charge < -0.3 is 45.2 Å². The minimum atomic E-state index is -1.78. The van der Waals surface area contributed by atoms with Gasteiger partial charge in [0.15, 0.2) is 0 Å². The van der Waals surface area contributed by atoms with Crippen LogP contribution >= 0.6 is 0 Å². The van der Waals surface area contributed by atoms with E-state index >= 15 is 0 Å². The molecule has 2 amide bonds. The molecule has 2 heterocycles. The number of carbonyl (C=O) groups is 3. The van der Waals surface area contributed by atoms with Crippen molar-refractivity contribution in [2.75, 3.05) is 51.4 Å². The van der Waals surface area contributed by atoms with Crippen molar-refractivity contribution in [2.45, 2.75) is 75.9 Å². The smallest absolute Gasteiger partial charge is 0.338 e. The van der Waals surface area contributed by atoms with Crippen LogP contribution in [0.5, 0.6) is 5.75 Å². The average Bonchev–Trinajstić information content (AvgIpc) is 3.90. The topological polar surface area (TPSA) is 189 Å². The Morgan fingerprint density at radius 3 is 2.29 bits per heavy atom. The molecule has 2 aromatic rings. The highest BCUT2D eigenvalue weighted by Crippen LogP contribution is 2.45. The highest BCUT2D eigenvalue weighted by Gasteiger charge is 2.45. The number of rotatable bonds is 14. The third-order valence-electron chi connectivity index (χ3n) is 9.82. The fourth-order valence-electron chi connectivity index (χ4n) is 6.74. The molecule has 262 valence electrons. The highest BCUT2D eigenvalue weighted by atomic mass is 16.5. The van der Waals surface area contributed by atoms with E-state index in [0.29, 0.717) is 49.0 Å². The number of amides is 2. The van der Waals surface area contributed by atoms with Crippen LogP contribution in [-0.2, 0) is 16.1 Å². The van der Waals surface area contributed by atoms with Gasteiger partial charge in [-0.2, -0.15) is 0 Å². The quantitative estimate of drug-likeness (QED) is 0.157. The number of methoxy groups -OCH3 is 1. The van der Waals surface area contributed by atoms with Crippen LogP contribution in [-0.4, -0.2) is 119 Å². The number of nitrogens with zero attached hydrogens (tertiary/aromatic N) is 2. The average molecular weight is 670 g/mol. The van der Waals surface area contributed by atoms with Crippen molar-refractivity contribution in [3.8, 4) is 5.75 Å². The zero-order chi connectivity index (χ0) is 34.6. The molecule has 48 heavy (non-hydrogen) atoms. The van der Waals surface area contributed by atoms with Gasteiger partial charge in [0, 0.05) is 42.9 Å². The van der Waals surface area contributed by atoms with Gasteiger partial charge in [0.1, 0.15) is 24.1 Å². The van der Waals surface area contributed by atoms with E-state index in [1.54, 1.807) is 29.2 Å². The van der Waals surface area contributed by atoms with Crippen LogP contribution in [0.1, 0.15) is 76.8 Å². The van der Waals surface area contributed by atoms with Crippen molar-refractivity contribution in [3.05, 3.63) is 58.7 Å². The Morgan fingerprint density at radius 1 is 1.02 bits per heavy atom. The summed E-state index contributed by atoms with van der Waals surface area (Å²) in [6.07, 6.45) is -2.49. The number of likely N-dealkylation sites (tertiary alicyclic amines) is 1. The van der Waals surface area contributed by atoms with Crippen molar-refractivity contribution in [1.29, 1.82) is 0 Å². The van der Waals surface area contributed by atoms with Gasteiger partial charge in [-0.15, -0.1) is 0 Å². The van der Waals surface area contributed by atoms with Gasteiger partial charge in [0.05, 0.1) is 32.0 Å². The lowest BCUT2D eigenvalue weighted by molar-refractivity contribution is -0.118. The molecule has 0 bridgehead atoms. The number of benzene rings is 2. The molecule has 5 rings (SSSR count). The van der Waals surface area contributed by atoms with Crippen LogP contribution in [0.25, 0.3) is 0 Å². The first-order valence-electron chi connectivity index (χ1n) is 16.6. The van der Waals surface area contributed by atoms with E-state index in [0.717, 1.165) is 49.9 Å². The lowest BCUT2D eigenvalue weighted by Crippen LogP contribution is -2.49. The summed E-state index contributed by atoms with van der Waals surface area (Å²) >= 11 is 0. The van der Waals surface area contributed by atoms with Crippen LogP contribution < -0.4 is 15.0 Å². The molecule has 4 atom stereocenters. The Morgan fingerprint density at radius 2 is 1.69 bits per heavy atom. The summed E-state index contributed by atoms with van der Waals surface area (Å²) in [5, 5.41) is 50.6. The second kappa shape index (κ2) is 15.3. The fourth-order valence-corrected chi connectivity index (χ4v) is 6.74. The number of anilines is 1. The van der Waals surface area contributed by atoms with Gasteiger partial charge in [0.25, 0.3) is 5.91 Å². The first kappa shape index (κ1) is 35.7. The van der Waals surface area contributed by atoms with Crippen molar-refractivity contribution in [1.82, 2.24) is 10.2 Å². The van der Waals surface area contributed by atoms with Crippen molar-refractivity contribution >= 4 is 23.5 Å². The van der Waals surface area contributed by atoms with Gasteiger partial charge in [0.2, 0.25) is 5.91 Å². The summed E-state index contributed by atoms with van der Waals surface area (Å²) in [5.74, 6) is 0.235. The lowest BCUT2D eigenvalue weighted by Gasteiger charge is -2.39.